The van der Waals surface area contributed by atoms with Gasteiger partial charge in [-0.15, -0.1) is 0 Å². The quantitative estimate of drug-likeness (QED) is 0.472. The van der Waals surface area contributed by atoms with Crippen molar-refractivity contribution in [2.24, 2.45) is 0 Å². The Kier molecular flexibility index (Phi) is 4.85. The molecule has 0 radical (unpaired) electrons. The van der Waals surface area contributed by atoms with Crippen molar-refractivity contribution in [3.8, 4) is 28.4 Å². The lowest BCUT2D eigenvalue weighted by Crippen LogP contribution is -2.27. The van der Waals surface area contributed by atoms with Gasteiger partial charge in [0.2, 0.25) is 5.75 Å². The number of carboxylic acids is 1. The Morgan fingerprint density at radius 2 is 2.16 bits per heavy atom. The Balaban J connectivity index is 1.58. The molecule has 0 N–H and O–H groups in total. The second kappa shape index (κ2) is 7.84. The average Bonchev–Trinajstić information content (AvgIpc) is 3.17. The van der Waals surface area contributed by atoms with E-state index < -0.39 is 5.97 Å². The van der Waals surface area contributed by atoms with Crippen LogP contribution in [-0.2, 0) is 6.54 Å². The van der Waals surface area contributed by atoms with E-state index in [0.717, 1.165) is 16.7 Å². The molecule has 0 saturated heterocycles. The van der Waals surface area contributed by atoms with Gasteiger partial charge in [-0.1, -0.05) is 6.07 Å². The van der Waals surface area contributed by atoms with E-state index in [0.29, 0.717) is 35.0 Å². The number of nitrogens with zero attached hydrogens (tertiary/aromatic N) is 4. The van der Waals surface area contributed by atoms with E-state index >= 15 is 0 Å². The maximum atomic E-state index is 11.8. The fraction of sp³-hybridized carbons (Fsp3) is 0.217. The fourth-order valence-corrected chi connectivity index (χ4v) is 3.73. The average molecular weight is 431 g/mol. The van der Waals surface area contributed by atoms with Gasteiger partial charge < -0.3 is 28.7 Å². The SMILES string of the molecule is COc1cc(Cn2c(C(=O)[O-])nc3cc(-c4cccnc4)cnc32)cc2c1OC(C)CO2. The molecule has 0 fully saturated rings. The molecule has 0 amide bonds. The number of imidazole rings is 1. The minimum absolute atomic E-state index is 0.0947. The van der Waals surface area contributed by atoms with Gasteiger partial charge in [-0.2, -0.15) is 0 Å². The van der Waals surface area contributed by atoms with Gasteiger partial charge in [-0.05, 0) is 36.8 Å². The molecule has 0 aliphatic carbocycles. The molecule has 9 nitrogen and oxygen atoms in total. The van der Waals surface area contributed by atoms with Crippen LogP contribution in [0.15, 0.2) is 48.9 Å². The molecule has 1 unspecified atom stereocenters. The molecule has 1 aliphatic rings. The number of hydrogen-bond donors (Lipinski definition) is 0. The minimum Gasteiger partial charge on any atom is -0.542 e. The van der Waals surface area contributed by atoms with Crippen LogP contribution in [0.3, 0.4) is 0 Å². The lowest BCUT2D eigenvalue weighted by atomic mass is 10.1. The molecular formula is C23H19N4O5-. The fourth-order valence-electron chi connectivity index (χ4n) is 3.73. The van der Waals surface area contributed by atoms with E-state index in [1.807, 2.05) is 19.1 Å². The van der Waals surface area contributed by atoms with Gasteiger partial charge in [-0.3, -0.25) is 4.98 Å². The maximum absolute atomic E-state index is 11.8. The van der Waals surface area contributed by atoms with Crippen molar-refractivity contribution in [2.45, 2.75) is 19.6 Å². The number of aromatic carboxylic acids is 1. The topological polar surface area (TPSA) is 111 Å². The smallest absolute Gasteiger partial charge is 0.203 e. The van der Waals surface area contributed by atoms with Crippen LogP contribution in [0.5, 0.6) is 17.2 Å². The van der Waals surface area contributed by atoms with Crippen LogP contribution in [0.4, 0.5) is 0 Å². The summed E-state index contributed by atoms with van der Waals surface area (Å²) < 4.78 is 18.6. The van der Waals surface area contributed by atoms with Crippen LogP contribution < -0.4 is 19.3 Å². The predicted molar refractivity (Wildman–Crippen MR) is 113 cm³/mol. The standard InChI is InChI=1S/C23H20N4O5/c1-13-12-31-19-7-14(6-18(30-2)20(19)32-13)11-27-21-17(26-22(27)23(28)29)8-16(10-25-21)15-4-3-5-24-9-15/h3-10,13H,11-12H2,1-2H3,(H,28,29)/p-1. The highest BCUT2D eigenvalue weighted by atomic mass is 16.6. The van der Waals surface area contributed by atoms with Gasteiger partial charge in [-0.25, -0.2) is 9.97 Å². The van der Waals surface area contributed by atoms with Crippen molar-refractivity contribution in [1.29, 1.82) is 0 Å². The third-order valence-corrected chi connectivity index (χ3v) is 5.20. The van der Waals surface area contributed by atoms with Gasteiger partial charge >= 0.3 is 0 Å². The number of carboxylic acid groups (broad SMARTS) is 1. The van der Waals surface area contributed by atoms with E-state index in [9.17, 15) is 9.90 Å². The van der Waals surface area contributed by atoms with Crippen molar-refractivity contribution < 1.29 is 24.1 Å². The van der Waals surface area contributed by atoms with E-state index in [1.165, 1.54) is 4.57 Å². The summed E-state index contributed by atoms with van der Waals surface area (Å²) in [5, 5.41) is 11.8. The number of ether oxygens (including phenoxy) is 3. The predicted octanol–water partition coefficient (Wildman–Crippen LogP) is 2.07. The Bertz CT molecular complexity index is 1300. The summed E-state index contributed by atoms with van der Waals surface area (Å²) in [6.45, 7) is 2.50. The molecular weight excluding hydrogens is 412 g/mol. The van der Waals surface area contributed by atoms with Crippen LogP contribution in [-0.4, -0.2) is 45.3 Å². The van der Waals surface area contributed by atoms with Gasteiger partial charge in [0.05, 0.1) is 13.7 Å². The Morgan fingerprint density at radius 3 is 2.91 bits per heavy atom. The summed E-state index contributed by atoms with van der Waals surface area (Å²) in [5.41, 5.74) is 3.27. The van der Waals surface area contributed by atoms with Crippen molar-refractivity contribution in [1.82, 2.24) is 19.5 Å². The first-order valence-corrected chi connectivity index (χ1v) is 10.0. The maximum Gasteiger partial charge on any atom is 0.203 e. The first-order chi connectivity index (χ1) is 15.5. The van der Waals surface area contributed by atoms with Gasteiger partial charge in [0.25, 0.3) is 0 Å². The number of benzene rings is 1. The van der Waals surface area contributed by atoms with E-state index in [2.05, 4.69) is 15.0 Å². The van der Waals surface area contributed by atoms with Crippen LogP contribution >= 0.6 is 0 Å². The zero-order valence-electron chi connectivity index (χ0n) is 17.4. The van der Waals surface area contributed by atoms with Crippen molar-refractivity contribution in [2.75, 3.05) is 13.7 Å². The zero-order chi connectivity index (χ0) is 22.2. The monoisotopic (exact) mass is 431 g/mol. The summed E-state index contributed by atoms with van der Waals surface area (Å²) in [6.07, 6.45) is 4.97. The highest BCUT2D eigenvalue weighted by Crippen LogP contribution is 2.42. The van der Waals surface area contributed by atoms with Crippen molar-refractivity contribution in [3.05, 3.63) is 60.3 Å². The molecule has 1 aromatic carbocycles. The number of fused-ring (bicyclic) bond motifs is 2. The van der Waals surface area contributed by atoms with Gasteiger partial charge in [0.1, 0.15) is 24.2 Å². The molecule has 9 heteroatoms. The molecule has 0 spiro atoms. The van der Waals surface area contributed by atoms with E-state index in [-0.39, 0.29) is 18.5 Å². The summed E-state index contributed by atoms with van der Waals surface area (Å²) in [5.74, 6) is -0.00795. The highest BCUT2D eigenvalue weighted by molar-refractivity contribution is 5.88. The largest absolute Gasteiger partial charge is 0.542 e. The summed E-state index contributed by atoms with van der Waals surface area (Å²) in [7, 11) is 1.54. The van der Waals surface area contributed by atoms with Crippen molar-refractivity contribution >= 4 is 17.1 Å². The third kappa shape index (κ3) is 3.47. The Labute approximate surface area is 183 Å². The summed E-state index contributed by atoms with van der Waals surface area (Å²) in [6, 6.07) is 9.09. The lowest BCUT2D eigenvalue weighted by Gasteiger charge is -2.26. The Morgan fingerprint density at radius 1 is 1.28 bits per heavy atom. The molecule has 3 aromatic heterocycles. The number of pyridine rings is 2. The number of aromatic nitrogens is 4. The molecule has 0 saturated carbocycles. The number of rotatable bonds is 5. The highest BCUT2D eigenvalue weighted by Gasteiger charge is 2.23. The minimum atomic E-state index is -1.38. The van der Waals surface area contributed by atoms with E-state index in [4.69, 9.17) is 14.2 Å². The molecule has 4 aromatic rings. The van der Waals surface area contributed by atoms with Crippen LogP contribution in [0.2, 0.25) is 0 Å². The van der Waals surface area contributed by atoms with Gasteiger partial charge in [0.15, 0.2) is 23.0 Å². The molecule has 162 valence electrons. The van der Waals surface area contributed by atoms with Crippen molar-refractivity contribution in [3.63, 3.8) is 0 Å². The van der Waals surface area contributed by atoms with Crippen LogP contribution in [0.1, 0.15) is 23.1 Å². The Hall–Kier alpha value is -4.14. The summed E-state index contributed by atoms with van der Waals surface area (Å²) in [4.78, 5) is 24.7. The van der Waals surface area contributed by atoms with Crippen LogP contribution in [0.25, 0.3) is 22.3 Å². The number of hydrogen-bond acceptors (Lipinski definition) is 8. The first kappa shape index (κ1) is 19.8. The number of carbonyl (C=O) groups excluding carboxylic acids is 1. The second-order valence-electron chi connectivity index (χ2n) is 7.48. The molecule has 1 atom stereocenters. The molecule has 4 heterocycles. The molecule has 32 heavy (non-hydrogen) atoms. The second-order valence-corrected chi connectivity index (χ2v) is 7.48. The zero-order valence-corrected chi connectivity index (χ0v) is 17.4. The first-order valence-electron chi connectivity index (χ1n) is 10.0. The summed E-state index contributed by atoms with van der Waals surface area (Å²) >= 11 is 0. The number of methoxy groups -OCH3 is 1. The van der Waals surface area contributed by atoms with Gasteiger partial charge in [0, 0.05) is 29.7 Å². The third-order valence-electron chi connectivity index (χ3n) is 5.20. The molecule has 0 bridgehead atoms. The van der Waals surface area contributed by atoms with Crippen LogP contribution in [0, 0.1) is 0 Å². The van der Waals surface area contributed by atoms with E-state index in [1.54, 1.807) is 43.9 Å². The molecule has 1 aliphatic heterocycles. The lowest BCUT2D eigenvalue weighted by molar-refractivity contribution is -0.256. The molecule has 5 rings (SSSR count). The normalized spacial score (nSPS) is 15.0. The number of carbonyl (C=O) groups is 1.